The minimum Gasteiger partial charge on any atom is -0.379 e. The van der Waals surface area contributed by atoms with Crippen LogP contribution < -0.4 is 0 Å². The Hall–Kier alpha value is -0.160. The summed E-state index contributed by atoms with van der Waals surface area (Å²) in [5, 5.41) is 30.9. The fourth-order valence-electron chi connectivity index (χ4n) is 3.43. The van der Waals surface area contributed by atoms with E-state index in [1.54, 1.807) is 0 Å². The van der Waals surface area contributed by atoms with Gasteiger partial charge in [0.05, 0.1) is 0 Å². The standard InChI is InChI=1S/C19H38O4/c1-3-5-7-9-11-13-15-18(21)17(20)23-19(18,22)16-14-12-10-8-6-4-2/h17,20-22H,3-16H2,1-2H3. The van der Waals surface area contributed by atoms with Gasteiger partial charge in [0.25, 0.3) is 0 Å². The molecule has 1 heterocycles. The molecule has 0 amide bonds. The maximum absolute atomic E-state index is 10.6. The molecule has 138 valence electrons. The molecule has 4 nitrogen and oxygen atoms in total. The third-order valence-electron chi connectivity index (χ3n) is 5.17. The zero-order valence-electron chi connectivity index (χ0n) is 15.2. The average molecular weight is 331 g/mol. The average Bonchev–Trinajstić information content (AvgIpc) is 2.53. The van der Waals surface area contributed by atoms with E-state index in [2.05, 4.69) is 13.8 Å². The summed E-state index contributed by atoms with van der Waals surface area (Å²) in [6.45, 7) is 4.38. The second-order valence-corrected chi connectivity index (χ2v) is 7.21. The SMILES string of the molecule is CCCCCCCCC1(O)OC(O)C1(O)CCCCCCCC. The normalized spacial score (nSPS) is 30.4. The van der Waals surface area contributed by atoms with Crippen molar-refractivity contribution in [3.8, 4) is 0 Å². The van der Waals surface area contributed by atoms with Gasteiger partial charge in [0.15, 0.2) is 11.9 Å². The van der Waals surface area contributed by atoms with Crippen molar-refractivity contribution in [1.29, 1.82) is 0 Å². The molecule has 1 saturated heterocycles. The number of hydrogen-bond acceptors (Lipinski definition) is 4. The second kappa shape index (κ2) is 10.7. The van der Waals surface area contributed by atoms with Crippen molar-refractivity contribution in [3.63, 3.8) is 0 Å². The van der Waals surface area contributed by atoms with E-state index in [1.165, 1.54) is 38.5 Å². The third-order valence-corrected chi connectivity index (χ3v) is 5.17. The first-order valence-corrected chi connectivity index (χ1v) is 9.81. The van der Waals surface area contributed by atoms with Crippen LogP contribution in [0.3, 0.4) is 0 Å². The highest BCUT2D eigenvalue weighted by molar-refractivity contribution is 5.04. The van der Waals surface area contributed by atoms with Crippen molar-refractivity contribution in [1.82, 2.24) is 0 Å². The summed E-state index contributed by atoms with van der Waals surface area (Å²) >= 11 is 0. The van der Waals surface area contributed by atoms with Crippen molar-refractivity contribution >= 4 is 0 Å². The maximum atomic E-state index is 10.6. The molecule has 0 aromatic heterocycles. The van der Waals surface area contributed by atoms with Crippen LogP contribution in [0, 0.1) is 0 Å². The van der Waals surface area contributed by atoms with E-state index in [0.29, 0.717) is 12.8 Å². The van der Waals surface area contributed by atoms with E-state index in [4.69, 9.17) is 4.74 Å². The van der Waals surface area contributed by atoms with Gasteiger partial charge in [-0.1, -0.05) is 84.5 Å². The molecule has 0 saturated carbocycles. The Kier molecular flexibility index (Phi) is 9.67. The molecule has 23 heavy (non-hydrogen) atoms. The fraction of sp³-hybridized carbons (Fsp3) is 1.00. The zero-order chi connectivity index (χ0) is 17.2. The molecule has 0 aromatic rings. The van der Waals surface area contributed by atoms with Gasteiger partial charge >= 0.3 is 0 Å². The second-order valence-electron chi connectivity index (χ2n) is 7.21. The molecule has 0 aliphatic carbocycles. The zero-order valence-corrected chi connectivity index (χ0v) is 15.2. The van der Waals surface area contributed by atoms with Crippen LogP contribution in [0.15, 0.2) is 0 Å². The Morgan fingerprint density at radius 1 is 0.696 bits per heavy atom. The van der Waals surface area contributed by atoms with E-state index >= 15 is 0 Å². The van der Waals surface area contributed by atoms with Crippen LogP contribution in [-0.2, 0) is 4.74 Å². The van der Waals surface area contributed by atoms with Gasteiger partial charge in [-0.2, -0.15) is 0 Å². The predicted octanol–water partition coefficient (Wildman–Crippen LogP) is 4.26. The van der Waals surface area contributed by atoms with Crippen molar-refractivity contribution in [2.75, 3.05) is 0 Å². The van der Waals surface area contributed by atoms with Gasteiger partial charge in [0, 0.05) is 6.42 Å². The van der Waals surface area contributed by atoms with Crippen molar-refractivity contribution < 1.29 is 20.1 Å². The van der Waals surface area contributed by atoms with Crippen LogP contribution in [-0.4, -0.2) is 33.0 Å². The van der Waals surface area contributed by atoms with Crippen LogP contribution in [0.4, 0.5) is 0 Å². The quantitative estimate of drug-likeness (QED) is 0.416. The van der Waals surface area contributed by atoms with Gasteiger partial charge in [-0.15, -0.1) is 0 Å². The minimum atomic E-state index is -1.55. The van der Waals surface area contributed by atoms with Crippen LogP contribution in [0.1, 0.15) is 104 Å². The highest BCUT2D eigenvalue weighted by atomic mass is 16.8. The summed E-state index contributed by atoms with van der Waals surface area (Å²) in [6.07, 6.45) is 13.0. The first-order valence-electron chi connectivity index (χ1n) is 9.81. The Morgan fingerprint density at radius 2 is 1.13 bits per heavy atom. The molecule has 1 rings (SSSR count). The van der Waals surface area contributed by atoms with E-state index in [9.17, 15) is 15.3 Å². The van der Waals surface area contributed by atoms with Crippen molar-refractivity contribution in [3.05, 3.63) is 0 Å². The Bertz CT molecular complexity index is 310. The molecule has 1 fully saturated rings. The van der Waals surface area contributed by atoms with Crippen molar-refractivity contribution in [2.24, 2.45) is 0 Å². The molecule has 0 radical (unpaired) electrons. The predicted molar refractivity (Wildman–Crippen MR) is 93.0 cm³/mol. The fourth-order valence-corrected chi connectivity index (χ4v) is 3.43. The maximum Gasteiger partial charge on any atom is 0.202 e. The van der Waals surface area contributed by atoms with E-state index < -0.39 is 17.7 Å². The molecule has 3 N–H and O–H groups in total. The van der Waals surface area contributed by atoms with E-state index in [-0.39, 0.29) is 0 Å². The summed E-state index contributed by atoms with van der Waals surface area (Å²) in [5.74, 6) is -1.55. The van der Waals surface area contributed by atoms with Crippen LogP contribution in [0.2, 0.25) is 0 Å². The molecule has 0 bridgehead atoms. The lowest BCUT2D eigenvalue weighted by Gasteiger charge is -2.55. The van der Waals surface area contributed by atoms with Crippen LogP contribution in [0.5, 0.6) is 0 Å². The highest BCUT2D eigenvalue weighted by Crippen LogP contribution is 2.46. The molecule has 3 unspecified atom stereocenters. The summed E-state index contributed by atoms with van der Waals surface area (Å²) in [4.78, 5) is 0. The number of aliphatic hydroxyl groups excluding tert-OH is 1. The molecule has 0 aromatic carbocycles. The Morgan fingerprint density at radius 3 is 1.61 bits per heavy atom. The van der Waals surface area contributed by atoms with Crippen molar-refractivity contribution in [2.45, 2.75) is 121 Å². The molecule has 0 spiro atoms. The molecule has 3 atom stereocenters. The van der Waals surface area contributed by atoms with Crippen LogP contribution >= 0.6 is 0 Å². The summed E-state index contributed by atoms with van der Waals surface area (Å²) in [6, 6.07) is 0. The topological polar surface area (TPSA) is 69.9 Å². The van der Waals surface area contributed by atoms with Gasteiger partial charge in [-0.3, -0.25) is 0 Å². The lowest BCUT2D eigenvalue weighted by atomic mass is 9.78. The number of hydrogen-bond donors (Lipinski definition) is 3. The summed E-state index contributed by atoms with van der Waals surface area (Å²) < 4.78 is 5.13. The molecular weight excluding hydrogens is 292 g/mol. The minimum absolute atomic E-state index is 0.405. The largest absolute Gasteiger partial charge is 0.379 e. The molecule has 1 aliphatic heterocycles. The highest BCUT2D eigenvalue weighted by Gasteiger charge is 2.65. The van der Waals surface area contributed by atoms with Crippen LogP contribution in [0.25, 0.3) is 0 Å². The third kappa shape index (κ3) is 6.00. The first-order chi connectivity index (χ1) is 11.0. The smallest absolute Gasteiger partial charge is 0.202 e. The lowest BCUT2D eigenvalue weighted by molar-refractivity contribution is -0.483. The molecule has 4 heteroatoms. The number of unbranched alkanes of at least 4 members (excludes halogenated alkanes) is 10. The van der Waals surface area contributed by atoms with E-state index in [0.717, 1.165) is 38.5 Å². The van der Waals surface area contributed by atoms with Gasteiger partial charge in [-0.25, -0.2) is 0 Å². The summed E-state index contributed by atoms with van der Waals surface area (Å²) in [5.41, 5.74) is -1.48. The van der Waals surface area contributed by atoms with Gasteiger partial charge in [0.2, 0.25) is 5.79 Å². The Balaban J connectivity index is 2.25. The molecule has 1 aliphatic rings. The summed E-state index contributed by atoms with van der Waals surface area (Å²) in [7, 11) is 0. The first kappa shape index (κ1) is 20.9. The number of rotatable bonds is 14. The molecular formula is C19H38O4. The van der Waals surface area contributed by atoms with Gasteiger partial charge in [-0.05, 0) is 12.8 Å². The number of aliphatic hydroxyl groups is 3. The lowest BCUT2D eigenvalue weighted by Crippen LogP contribution is -2.74. The monoisotopic (exact) mass is 330 g/mol. The van der Waals surface area contributed by atoms with Gasteiger partial charge in [0.1, 0.15) is 0 Å². The number of ether oxygens (including phenoxy) is 1. The van der Waals surface area contributed by atoms with E-state index in [1.807, 2.05) is 0 Å². The Labute approximate surface area is 142 Å². The van der Waals surface area contributed by atoms with Gasteiger partial charge < -0.3 is 20.1 Å².